The third kappa shape index (κ3) is 4.79. The standard InChI is InChI=1S/C18H25N5O4/c24-12-22(27)11-14(9-13-3-1-4-13)18(26)23-8-2-5-15(23)17(25)21-16-10-19-6-7-20-16/h6-7,10,12-15,27H,1-5,8-9,11H2,(H,20,21,25). The highest BCUT2D eigenvalue weighted by Crippen LogP contribution is 2.34. The Hall–Kier alpha value is -2.55. The Morgan fingerprint density at radius 2 is 2.15 bits per heavy atom. The fourth-order valence-corrected chi connectivity index (χ4v) is 3.76. The molecule has 1 saturated carbocycles. The minimum atomic E-state index is -0.577. The number of carbonyl (C=O) groups excluding carboxylic acids is 3. The third-order valence-electron chi connectivity index (χ3n) is 5.37. The first-order valence-electron chi connectivity index (χ1n) is 9.36. The Balaban J connectivity index is 1.67. The molecule has 0 bridgehead atoms. The van der Waals surface area contributed by atoms with Crippen LogP contribution in [0, 0.1) is 11.8 Å². The van der Waals surface area contributed by atoms with Crippen molar-refractivity contribution >= 4 is 24.0 Å². The van der Waals surface area contributed by atoms with Gasteiger partial charge < -0.3 is 10.2 Å². The van der Waals surface area contributed by atoms with Gasteiger partial charge in [-0.05, 0) is 25.2 Å². The molecule has 3 rings (SSSR count). The lowest BCUT2D eigenvalue weighted by molar-refractivity contribution is -0.158. The molecule has 0 spiro atoms. The van der Waals surface area contributed by atoms with Crippen LogP contribution in [0.3, 0.4) is 0 Å². The van der Waals surface area contributed by atoms with Gasteiger partial charge in [-0.3, -0.25) is 24.6 Å². The van der Waals surface area contributed by atoms with E-state index in [9.17, 15) is 19.6 Å². The Labute approximate surface area is 157 Å². The van der Waals surface area contributed by atoms with Crippen molar-refractivity contribution in [1.82, 2.24) is 19.9 Å². The molecule has 3 amide bonds. The van der Waals surface area contributed by atoms with Crippen LogP contribution < -0.4 is 5.32 Å². The van der Waals surface area contributed by atoms with Gasteiger partial charge in [0.2, 0.25) is 18.2 Å². The highest BCUT2D eigenvalue weighted by atomic mass is 16.5. The molecule has 1 saturated heterocycles. The lowest BCUT2D eigenvalue weighted by atomic mass is 9.78. The summed E-state index contributed by atoms with van der Waals surface area (Å²) in [4.78, 5) is 46.1. The normalized spacial score (nSPS) is 20.6. The molecule has 146 valence electrons. The van der Waals surface area contributed by atoms with E-state index in [-0.39, 0.29) is 18.4 Å². The van der Waals surface area contributed by atoms with Gasteiger partial charge in [-0.2, -0.15) is 0 Å². The van der Waals surface area contributed by atoms with E-state index in [0.717, 1.165) is 25.7 Å². The fraction of sp³-hybridized carbons (Fsp3) is 0.611. The molecule has 2 N–H and O–H groups in total. The van der Waals surface area contributed by atoms with Crippen LogP contribution in [-0.4, -0.2) is 62.5 Å². The summed E-state index contributed by atoms with van der Waals surface area (Å²) in [7, 11) is 0. The van der Waals surface area contributed by atoms with Crippen molar-refractivity contribution in [3.63, 3.8) is 0 Å². The van der Waals surface area contributed by atoms with E-state index in [2.05, 4.69) is 15.3 Å². The van der Waals surface area contributed by atoms with Gasteiger partial charge >= 0.3 is 0 Å². The van der Waals surface area contributed by atoms with E-state index >= 15 is 0 Å². The summed E-state index contributed by atoms with van der Waals surface area (Å²) in [5, 5.41) is 12.8. The molecule has 2 atom stereocenters. The number of carbonyl (C=O) groups is 3. The van der Waals surface area contributed by atoms with Crippen molar-refractivity contribution in [2.75, 3.05) is 18.4 Å². The Morgan fingerprint density at radius 1 is 1.33 bits per heavy atom. The van der Waals surface area contributed by atoms with Crippen molar-refractivity contribution in [3.05, 3.63) is 18.6 Å². The zero-order valence-electron chi connectivity index (χ0n) is 15.2. The van der Waals surface area contributed by atoms with Gasteiger partial charge in [-0.25, -0.2) is 10.0 Å². The van der Waals surface area contributed by atoms with Crippen molar-refractivity contribution in [1.29, 1.82) is 0 Å². The number of rotatable bonds is 8. The minimum Gasteiger partial charge on any atom is -0.330 e. The first kappa shape index (κ1) is 19.2. The van der Waals surface area contributed by atoms with E-state index < -0.39 is 12.0 Å². The molecule has 27 heavy (non-hydrogen) atoms. The summed E-state index contributed by atoms with van der Waals surface area (Å²) in [6.07, 6.45) is 9.96. The van der Waals surface area contributed by atoms with Gasteiger partial charge in [0, 0.05) is 18.9 Å². The second-order valence-corrected chi connectivity index (χ2v) is 7.23. The summed E-state index contributed by atoms with van der Waals surface area (Å²) >= 11 is 0. The summed E-state index contributed by atoms with van der Waals surface area (Å²) in [6, 6.07) is -0.577. The first-order valence-corrected chi connectivity index (χ1v) is 9.36. The second-order valence-electron chi connectivity index (χ2n) is 7.23. The molecular formula is C18H25N5O4. The molecule has 9 nitrogen and oxygen atoms in total. The summed E-state index contributed by atoms with van der Waals surface area (Å²) in [5.74, 6) is -0.196. The van der Waals surface area contributed by atoms with Gasteiger partial charge in [0.1, 0.15) is 6.04 Å². The number of hydroxylamine groups is 2. The van der Waals surface area contributed by atoms with Crippen LogP contribution in [0.1, 0.15) is 38.5 Å². The van der Waals surface area contributed by atoms with Crippen molar-refractivity contribution in [2.24, 2.45) is 11.8 Å². The zero-order chi connectivity index (χ0) is 19.2. The number of nitrogens with zero attached hydrogens (tertiary/aromatic N) is 4. The Bertz CT molecular complexity index is 667. The van der Waals surface area contributed by atoms with E-state index in [4.69, 9.17) is 0 Å². The topological polar surface area (TPSA) is 116 Å². The van der Waals surface area contributed by atoms with Crippen molar-refractivity contribution < 1.29 is 19.6 Å². The Morgan fingerprint density at radius 3 is 2.78 bits per heavy atom. The minimum absolute atomic E-state index is 0.0478. The molecule has 1 aliphatic carbocycles. The zero-order valence-corrected chi connectivity index (χ0v) is 15.2. The van der Waals surface area contributed by atoms with Crippen LogP contribution in [-0.2, 0) is 14.4 Å². The molecule has 0 aromatic carbocycles. The van der Waals surface area contributed by atoms with Gasteiger partial charge in [0.05, 0.1) is 18.7 Å². The molecule has 2 aliphatic rings. The third-order valence-corrected chi connectivity index (χ3v) is 5.37. The number of aromatic nitrogens is 2. The summed E-state index contributed by atoms with van der Waals surface area (Å²) in [5.41, 5.74) is 0. The highest BCUT2D eigenvalue weighted by Gasteiger charge is 2.39. The van der Waals surface area contributed by atoms with Gasteiger partial charge in [0.25, 0.3) is 0 Å². The quantitative estimate of drug-likeness (QED) is 0.399. The molecule has 0 radical (unpaired) electrons. The van der Waals surface area contributed by atoms with Gasteiger partial charge in [-0.1, -0.05) is 19.3 Å². The second kappa shape index (κ2) is 8.90. The van der Waals surface area contributed by atoms with Gasteiger partial charge in [0.15, 0.2) is 5.82 Å². The molecule has 2 fully saturated rings. The average molecular weight is 375 g/mol. The van der Waals surface area contributed by atoms with E-state index in [1.165, 1.54) is 18.6 Å². The maximum atomic E-state index is 13.1. The monoisotopic (exact) mass is 375 g/mol. The largest absolute Gasteiger partial charge is 0.330 e. The average Bonchev–Trinajstić information content (AvgIpc) is 3.13. The van der Waals surface area contributed by atoms with Crippen LogP contribution >= 0.6 is 0 Å². The van der Waals surface area contributed by atoms with Crippen molar-refractivity contribution in [2.45, 2.75) is 44.6 Å². The molecule has 9 heteroatoms. The summed E-state index contributed by atoms with van der Waals surface area (Å²) < 4.78 is 0. The smallest absolute Gasteiger partial charge is 0.248 e. The maximum Gasteiger partial charge on any atom is 0.248 e. The van der Waals surface area contributed by atoms with E-state index in [0.29, 0.717) is 42.6 Å². The predicted molar refractivity (Wildman–Crippen MR) is 95.4 cm³/mol. The number of likely N-dealkylation sites (tertiary alicyclic amines) is 1. The van der Waals surface area contributed by atoms with Gasteiger partial charge in [-0.15, -0.1) is 0 Å². The number of anilines is 1. The van der Waals surface area contributed by atoms with Crippen molar-refractivity contribution in [3.8, 4) is 0 Å². The van der Waals surface area contributed by atoms with Crippen LogP contribution in [0.4, 0.5) is 5.82 Å². The lowest BCUT2D eigenvalue weighted by Crippen LogP contribution is -2.48. The van der Waals surface area contributed by atoms with Crippen LogP contribution in [0.2, 0.25) is 0 Å². The molecular weight excluding hydrogens is 350 g/mol. The number of hydrogen-bond acceptors (Lipinski definition) is 6. The highest BCUT2D eigenvalue weighted by molar-refractivity contribution is 5.97. The van der Waals surface area contributed by atoms with E-state index in [1.54, 1.807) is 4.90 Å². The maximum absolute atomic E-state index is 13.1. The SMILES string of the molecule is O=CN(O)CC(CC1CCC1)C(=O)N1CCCC1C(=O)Nc1cnccn1. The van der Waals surface area contributed by atoms with Crippen LogP contribution in [0.15, 0.2) is 18.6 Å². The fourth-order valence-electron chi connectivity index (χ4n) is 3.76. The van der Waals surface area contributed by atoms with Crippen LogP contribution in [0.5, 0.6) is 0 Å². The lowest BCUT2D eigenvalue weighted by Gasteiger charge is -2.33. The number of nitrogens with one attached hydrogen (secondary N) is 1. The molecule has 1 aromatic rings. The number of hydrogen-bond donors (Lipinski definition) is 2. The molecule has 1 aliphatic heterocycles. The molecule has 2 unspecified atom stereocenters. The molecule has 2 heterocycles. The summed E-state index contributed by atoms with van der Waals surface area (Å²) in [6.45, 7) is 0.443. The van der Waals surface area contributed by atoms with E-state index in [1.807, 2.05) is 0 Å². The first-order chi connectivity index (χ1) is 13.1. The van der Waals surface area contributed by atoms with Crippen LogP contribution in [0.25, 0.3) is 0 Å². The molecule has 1 aromatic heterocycles. The Kier molecular flexibility index (Phi) is 6.33. The predicted octanol–water partition coefficient (Wildman–Crippen LogP) is 1.06. The number of amides is 3.